The van der Waals surface area contributed by atoms with Crippen LogP contribution in [0.3, 0.4) is 0 Å². The zero-order chi connectivity index (χ0) is 9.99. The van der Waals surface area contributed by atoms with E-state index in [1.165, 1.54) is 0 Å². The Kier molecular flexibility index (Phi) is 3.40. The lowest BCUT2D eigenvalue weighted by molar-refractivity contribution is 0.118. The number of hydrogen-bond acceptors (Lipinski definition) is 5. The van der Waals surface area contributed by atoms with Crippen LogP contribution in [0, 0.1) is 0 Å². The first kappa shape index (κ1) is 11.6. The minimum absolute atomic E-state index is 2.14. The van der Waals surface area contributed by atoms with E-state index in [-0.39, 0.29) is 0 Å². The third-order valence-corrected chi connectivity index (χ3v) is 1.16. The van der Waals surface area contributed by atoms with Crippen LogP contribution in [-0.4, -0.2) is 25.7 Å². The quantitative estimate of drug-likeness (QED) is 0.445. The minimum Gasteiger partial charge on any atom is -0.337 e. The van der Waals surface area contributed by atoms with Gasteiger partial charge < -0.3 is 9.05 Å². The zero-order valence-electron chi connectivity index (χ0n) is 5.22. The highest BCUT2D eigenvalue weighted by Crippen LogP contribution is 2.41. The van der Waals surface area contributed by atoms with Crippen LogP contribution in [0.15, 0.2) is 0 Å². The predicted octanol–water partition coefficient (Wildman–Crippen LogP) is -0.675. The highest BCUT2D eigenvalue weighted by atomic mass is 31.2. The summed E-state index contributed by atoms with van der Waals surface area (Å²) in [6.45, 7) is 0. The van der Waals surface area contributed by atoms with Crippen molar-refractivity contribution in [1.29, 1.82) is 0 Å². The predicted molar refractivity (Wildman–Crippen MR) is 31.7 cm³/mol. The number of rotatable bonds is 2. The molecule has 0 aliphatic heterocycles. The Morgan fingerprint density at radius 3 is 1.33 bits per heavy atom. The maximum atomic E-state index is 10.0. The molecule has 0 rings (SSSR count). The molecule has 0 unspecified atom stereocenters. The molecule has 4 N–H and O–H groups in total. The van der Waals surface area contributed by atoms with E-state index in [1.54, 1.807) is 0 Å². The molecule has 0 aliphatic rings. The van der Waals surface area contributed by atoms with E-state index in [0.717, 1.165) is 0 Å². The standard InChI is InChI=1S/CH4O9P2/c2-1(9-11(3,4)5)10-12(6,7)8/h(H2,3,4,5)(H2,6,7,8). The lowest BCUT2D eigenvalue weighted by Crippen LogP contribution is -2.03. The van der Waals surface area contributed by atoms with Crippen molar-refractivity contribution < 1.29 is 42.5 Å². The van der Waals surface area contributed by atoms with Crippen LogP contribution >= 0.6 is 15.6 Å². The molecule has 0 heterocycles. The van der Waals surface area contributed by atoms with Crippen LogP contribution in [0.5, 0.6) is 0 Å². The van der Waals surface area contributed by atoms with Gasteiger partial charge in [-0.05, 0) is 0 Å². The maximum absolute atomic E-state index is 10.0. The second kappa shape index (κ2) is 3.53. The summed E-state index contributed by atoms with van der Waals surface area (Å²) in [5.74, 6) is 0. The fraction of sp³-hybridized carbons (Fsp3) is 0. The second-order valence-electron chi connectivity index (χ2n) is 1.41. The summed E-state index contributed by atoms with van der Waals surface area (Å²) in [7, 11) is -10.3. The molecule has 9 nitrogen and oxygen atoms in total. The number of carbonyl (C=O) groups is 1. The Morgan fingerprint density at radius 1 is 0.917 bits per heavy atom. The highest BCUT2D eigenvalue weighted by Gasteiger charge is 2.28. The molecule has 0 saturated carbocycles. The van der Waals surface area contributed by atoms with E-state index in [0.29, 0.717) is 0 Å². The van der Waals surface area contributed by atoms with Crippen molar-refractivity contribution in [3.05, 3.63) is 0 Å². The van der Waals surface area contributed by atoms with Gasteiger partial charge in [-0.1, -0.05) is 0 Å². The van der Waals surface area contributed by atoms with Crippen LogP contribution < -0.4 is 0 Å². The van der Waals surface area contributed by atoms with Gasteiger partial charge in [0.25, 0.3) is 0 Å². The summed E-state index contributed by atoms with van der Waals surface area (Å²) in [6.07, 6.45) is -2.14. The van der Waals surface area contributed by atoms with Crippen LogP contribution in [0.2, 0.25) is 0 Å². The average Bonchev–Trinajstić information content (AvgIpc) is 1.49. The van der Waals surface area contributed by atoms with Gasteiger partial charge in [0.15, 0.2) is 0 Å². The van der Waals surface area contributed by atoms with E-state index < -0.39 is 21.8 Å². The topological polar surface area (TPSA) is 151 Å². The normalized spacial score (nSPS) is 12.3. The molecule has 0 bridgehead atoms. The Balaban J connectivity index is 4.10. The van der Waals surface area contributed by atoms with E-state index in [4.69, 9.17) is 19.6 Å². The molecule has 11 heteroatoms. The van der Waals surface area contributed by atoms with Crippen molar-refractivity contribution in [3.8, 4) is 0 Å². The number of phosphoric acid groups is 2. The van der Waals surface area contributed by atoms with Gasteiger partial charge in [0.2, 0.25) is 0 Å². The molecular formula is CH4O9P2. The molecule has 0 spiro atoms. The van der Waals surface area contributed by atoms with Crippen molar-refractivity contribution in [2.24, 2.45) is 0 Å². The molecule has 72 valence electrons. The van der Waals surface area contributed by atoms with Gasteiger partial charge in [-0.15, -0.1) is 0 Å². The molecule has 0 aliphatic carbocycles. The molecule has 0 fully saturated rings. The number of carbonyl (C=O) groups excluding carboxylic acids is 1. The molecule has 0 aromatic heterocycles. The van der Waals surface area contributed by atoms with Gasteiger partial charge in [0.1, 0.15) is 0 Å². The minimum atomic E-state index is -5.13. The van der Waals surface area contributed by atoms with E-state index in [1.807, 2.05) is 0 Å². The first-order chi connectivity index (χ1) is 5.10. The van der Waals surface area contributed by atoms with Gasteiger partial charge >= 0.3 is 21.8 Å². The van der Waals surface area contributed by atoms with E-state index in [9.17, 15) is 13.9 Å². The van der Waals surface area contributed by atoms with Crippen molar-refractivity contribution in [1.82, 2.24) is 0 Å². The third kappa shape index (κ3) is 7.67. The van der Waals surface area contributed by atoms with Gasteiger partial charge in [-0.2, -0.15) is 0 Å². The molecule has 0 aromatic rings. The largest absolute Gasteiger partial charge is 0.529 e. The molecular weight excluding hydrogens is 218 g/mol. The SMILES string of the molecule is O=C(OP(=O)(O)O)OP(=O)(O)O. The van der Waals surface area contributed by atoms with Gasteiger partial charge in [0.05, 0.1) is 0 Å². The Labute approximate surface area is 65.4 Å². The molecule has 0 aromatic carbocycles. The van der Waals surface area contributed by atoms with Crippen LogP contribution in [0.25, 0.3) is 0 Å². The Morgan fingerprint density at radius 2 is 1.17 bits per heavy atom. The molecule has 0 saturated heterocycles. The smallest absolute Gasteiger partial charge is 0.337 e. The maximum Gasteiger partial charge on any atom is 0.529 e. The summed E-state index contributed by atoms with van der Waals surface area (Å²) in [4.78, 5) is 41.7. The summed E-state index contributed by atoms with van der Waals surface area (Å²) >= 11 is 0. The highest BCUT2D eigenvalue weighted by molar-refractivity contribution is 7.48. The first-order valence-electron chi connectivity index (χ1n) is 2.14. The van der Waals surface area contributed by atoms with Crippen molar-refractivity contribution in [2.75, 3.05) is 0 Å². The second-order valence-corrected chi connectivity index (χ2v) is 3.74. The molecule has 12 heavy (non-hydrogen) atoms. The van der Waals surface area contributed by atoms with Crippen LogP contribution in [0.4, 0.5) is 4.79 Å². The summed E-state index contributed by atoms with van der Waals surface area (Å²) < 4.78 is 25.9. The monoisotopic (exact) mass is 222 g/mol. The van der Waals surface area contributed by atoms with Crippen molar-refractivity contribution in [2.45, 2.75) is 0 Å². The van der Waals surface area contributed by atoms with E-state index >= 15 is 0 Å². The van der Waals surface area contributed by atoms with Crippen molar-refractivity contribution >= 4 is 21.8 Å². The van der Waals surface area contributed by atoms with E-state index in [2.05, 4.69) is 9.05 Å². The average molecular weight is 222 g/mol. The third-order valence-electron chi connectivity index (χ3n) is 0.387. The summed E-state index contributed by atoms with van der Waals surface area (Å²) in [5.41, 5.74) is 0. The lowest BCUT2D eigenvalue weighted by atomic mass is 11.5. The first-order valence-corrected chi connectivity index (χ1v) is 5.20. The summed E-state index contributed by atoms with van der Waals surface area (Å²) in [5, 5.41) is 0. The van der Waals surface area contributed by atoms with Gasteiger partial charge in [-0.25, -0.2) is 13.9 Å². The molecule has 0 amide bonds. The van der Waals surface area contributed by atoms with Gasteiger partial charge in [0, 0.05) is 0 Å². The summed E-state index contributed by atoms with van der Waals surface area (Å²) in [6, 6.07) is 0. The number of phosphoric ester groups is 2. The Bertz CT molecular complexity index is 228. The molecule has 0 radical (unpaired) electrons. The zero-order valence-corrected chi connectivity index (χ0v) is 7.01. The fourth-order valence-electron chi connectivity index (χ4n) is 0.211. The van der Waals surface area contributed by atoms with Crippen molar-refractivity contribution in [3.63, 3.8) is 0 Å². The molecule has 0 atom stereocenters. The fourth-order valence-corrected chi connectivity index (χ4v) is 0.733. The number of hydrogen-bond donors (Lipinski definition) is 4. The van der Waals surface area contributed by atoms with Crippen LogP contribution in [0.1, 0.15) is 0 Å². The van der Waals surface area contributed by atoms with Gasteiger partial charge in [-0.3, -0.25) is 19.6 Å². The van der Waals surface area contributed by atoms with Crippen LogP contribution in [-0.2, 0) is 18.2 Å². The Hall–Kier alpha value is -0.430. The lowest BCUT2D eigenvalue weighted by Gasteiger charge is -2.05.